The van der Waals surface area contributed by atoms with E-state index in [1.54, 1.807) is 55.5 Å². The van der Waals surface area contributed by atoms with Gasteiger partial charge in [0, 0.05) is 21.8 Å². The Kier molecular flexibility index (Phi) is 4.55. The maximum atomic E-state index is 11.5. The molecule has 0 amide bonds. The third kappa shape index (κ3) is 3.74. The summed E-state index contributed by atoms with van der Waals surface area (Å²) in [6.07, 6.45) is 0. The van der Waals surface area contributed by atoms with E-state index in [-0.39, 0.29) is 5.75 Å². The molecule has 6 nitrogen and oxygen atoms in total. The van der Waals surface area contributed by atoms with E-state index >= 15 is 0 Å². The highest BCUT2D eigenvalue weighted by Gasteiger charge is 2.11. The van der Waals surface area contributed by atoms with Gasteiger partial charge < -0.3 is 4.52 Å². The standard InChI is InChI=1S/C16H14ClN3O3S/c1-2-24(21,22)20-14-9-5-11(6-10-14)15-18-16(23-19-15)12-3-7-13(17)8-4-12/h3-10,20H,2H2,1H3. The normalized spacial score (nSPS) is 11.4. The van der Waals surface area contributed by atoms with Gasteiger partial charge in [0.05, 0.1) is 5.75 Å². The van der Waals surface area contributed by atoms with Gasteiger partial charge >= 0.3 is 0 Å². The number of nitrogens with one attached hydrogen (secondary N) is 1. The Morgan fingerprint density at radius 3 is 2.29 bits per heavy atom. The Morgan fingerprint density at radius 1 is 1.04 bits per heavy atom. The van der Waals surface area contributed by atoms with E-state index in [0.717, 1.165) is 11.1 Å². The summed E-state index contributed by atoms with van der Waals surface area (Å²) in [4.78, 5) is 4.34. The number of benzene rings is 2. The van der Waals surface area contributed by atoms with Crippen molar-refractivity contribution in [3.63, 3.8) is 0 Å². The molecule has 0 aliphatic rings. The predicted octanol–water partition coefficient (Wildman–Crippen LogP) is 3.82. The molecule has 2 aromatic carbocycles. The molecule has 24 heavy (non-hydrogen) atoms. The highest BCUT2D eigenvalue weighted by Crippen LogP contribution is 2.24. The minimum absolute atomic E-state index is 0.0179. The van der Waals surface area contributed by atoms with Crippen molar-refractivity contribution in [2.75, 3.05) is 10.5 Å². The zero-order valence-electron chi connectivity index (χ0n) is 12.7. The second kappa shape index (κ2) is 6.62. The summed E-state index contributed by atoms with van der Waals surface area (Å²) in [6.45, 7) is 1.58. The van der Waals surface area contributed by atoms with Gasteiger partial charge in [0.2, 0.25) is 15.8 Å². The fraction of sp³-hybridized carbons (Fsp3) is 0.125. The molecule has 3 aromatic rings. The van der Waals surface area contributed by atoms with Crippen molar-refractivity contribution < 1.29 is 12.9 Å². The van der Waals surface area contributed by atoms with Crippen LogP contribution in [0, 0.1) is 0 Å². The Bertz CT molecular complexity index is 935. The lowest BCUT2D eigenvalue weighted by atomic mass is 10.2. The average molecular weight is 364 g/mol. The van der Waals surface area contributed by atoms with Crippen LogP contribution in [0.5, 0.6) is 0 Å². The van der Waals surface area contributed by atoms with Crippen LogP contribution in [-0.2, 0) is 10.0 Å². The maximum Gasteiger partial charge on any atom is 0.258 e. The molecular weight excluding hydrogens is 350 g/mol. The molecular formula is C16H14ClN3O3S. The zero-order valence-corrected chi connectivity index (χ0v) is 14.3. The molecule has 0 radical (unpaired) electrons. The molecule has 8 heteroatoms. The maximum absolute atomic E-state index is 11.5. The van der Waals surface area contributed by atoms with E-state index in [2.05, 4.69) is 14.9 Å². The summed E-state index contributed by atoms with van der Waals surface area (Å²) in [7, 11) is -3.30. The van der Waals surface area contributed by atoms with Gasteiger partial charge in [-0.2, -0.15) is 4.98 Å². The van der Waals surface area contributed by atoms with Crippen molar-refractivity contribution in [1.29, 1.82) is 0 Å². The zero-order chi connectivity index (χ0) is 17.2. The quantitative estimate of drug-likeness (QED) is 0.744. The number of sulfonamides is 1. The van der Waals surface area contributed by atoms with Crippen LogP contribution in [0.15, 0.2) is 53.1 Å². The fourth-order valence-corrected chi connectivity index (χ4v) is 2.76. The molecule has 3 rings (SSSR count). The topological polar surface area (TPSA) is 85.1 Å². The van der Waals surface area contributed by atoms with Gasteiger partial charge in [-0.3, -0.25) is 4.72 Å². The van der Waals surface area contributed by atoms with Crippen LogP contribution < -0.4 is 4.72 Å². The number of rotatable bonds is 5. The molecule has 0 saturated heterocycles. The van der Waals surface area contributed by atoms with Crippen molar-refractivity contribution in [3.05, 3.63) is 53.6 Å². The lowest BCUT2D eigenvalue weighted by Gasteiger charge is -2.05. The molecule has 0 unspecified atom stereocenters. The van der Waals surface area contributed by atoms with Crippen molar-refractivity contribution in [2.24, 2.45) is 0 Å². The Morgan fingerprint density at radius 2 is 1.67 bits per heavy atom. The van der Waals surface area contributed by atoms with E-state index in [1.165, 1.54) is 0 Å². The molecule has 0 aliphatic heterocycles. The van der Waals surface area contributed by atoms with Gasteiger partial charge in [-0.15, -0.1) is 0 Å². The second-order valence-electron chi connectivity index (χ2n) is 5.01. The van der Waals surface area contributed by atoms with E-state index in [0.29, 0.717) is 22.4 Å². The van der Waals surface area contributed by atoms with Crippen LogP contribution in [0.1, 0.15) is 6.92 Å². The number of aromatic nitrogens is 2. The molecule has 0 bridgehead atoms. The Balaban J connectivity index is 1.81. The lowest BCUT2D eigenvalue weighted by Crippen LogP contribution is -2.14. The number of halogens is 1. The summed E-state index contributed by atoms with van der Waals surface area (Å²) < 4.78 is 30.8. The second-order valence-corrected chi connectivity index (χ2v) is 7.46. The van der Waals surface area contributed by atoms with E-state index in [4.69, 9.17) is 16.1 Å². The molecule has 0 spiro atoms. The summed E-state index contributed by atoms with van der Waals surface area (Å²) in [5.74, 6) is 0.826. The van der Waals surface area contributed by atoms with Gasteiger partial charge in [0.15, 0.2) is 0 Å². The van der Waals surface area contributed by atoms with Gasteiger partial charge in [-0.1, -0.05) is 16.8 Å². The first-order chi connectivity index (χ1) is 11.5. The molecule has 124 valence electrons. The fourth-order valence-electron chi connectivity index (χ4n) is 1.99. The largest absolute Gasteiger partial charge is 0.334 e. The van der Waals surface area contributed by atoms with Gasteiger partial charge in [-0.05, 0) is 55.5 Å². The van der Waals surface area contributed by atoms with Gasteiger partial charge in [0.25, 0.3) is 5.89 Å². The molecule has 0 aliphatic carbocycles. The number of anilines is 1. The summed E-state index contributed by atoms with van der Waals surface area (Å²) in [6, 6.07) is 13.8. The highest BCUT2D eigenvalue weighted by molar-refractivity contribution is 7.92. The molecule has 1 aromatic heterocycles. The van der Waals surface area contributed by atoms with Crippen LogP contribution in [0.4, 0.5) is 5.69 Å². The van der Waals surface area contributed by atoms with E-state index < -0.39 is 10.0 Å². The van der Waals surface area contributed by atoms with Crippen LogP contribution in [0.3, 0.4) is 0 Å². The van der Waals surface area contributed by atoms with Gasteiger partial charge in [-0.25, -0.2) is 8.42 Å². The molecule has 0 fully saturated rings. The Hall–Kier alpha value is -2.38. The van der Waals surface area contributed by atoms with Gasteiger partial charge in [0.1, 0.15) is 0 Å². The molecule has 1 heterocycles. The summed E-state index contributed by atoms with van der Waals surface area (Å²) in [5, 5.41) is 4.58. The average Bonchev–Trinajstić information content (AvgIpc) is 3.06. The third-order valence-electron chi connectivity index (χ3n) is 3.31. The molecule has 0 atom stereocenters. The summed E-state index contributed by atoms with van der Waals surface area (Å²) in [5.41, 5.74) is 1.98. The van der Waals surface area contributed by atoms with Crippen molar-refractivity contribution in [3.8, 4) is 22.8 Å². The SMILES string of the molecule is CCS(=O)(=O)Nc1ccc(-c2noc(-c3ccc(Cl)cc3)n2)cc1. The molecule has 0 saturated carbocycles. The van der Waals surface area contributed by atoms with Crippen molar-refractivity contribution in [2.45, 2.75) is 6.92 Å². The number of hydrogen-bond acceptors (Lipinski definition) is 5. The summed E-state index contributed by atoms with van der Waals surface area (Å²) >= 11 is 5.86. The van der Waals surface area contributed by atoms with Crippen LogP contribution in [0.2, 0.25) is 5.02 Å². The number of hydrogen-bond donors (Lipinski definition) is 1. The number of nitrogens with zero attached hydrogens (tertiary/aromatic N) is 2. The first-order valence-corrected chi connectivity index (χ1v) is 9.20. The minimum Gasteiger partial charge on any atom is -0.334 e. The first kappa shape index (κ1) is 16.5. The van der Waals surface area contributed by atoms with Crippen LogP contribution in [0.25, 0.3) is 22.8 Å². The Labute approximate surface area is 144 Å². The smallest absolute Gasteiger partial charge is 0.258 e. The van der Waals surface area contributed by atoms with E-state index in [9.17, 15) is 8.42 Å². The van der Waals surface area contributed by atoms with Crippen molar-refractivity contribution in [1.82, 2.24) is 10.1 Å². The molecule has 1 N–H and O–H groups in total. The predicted molar refractivity (Wildman–Crippen MR) is 93.3 cm³/mol. The van der Waals surface area contributed by atoms with Crippen LogP contribution >= 0.6 is 11.6 Å². The van der Waals surface area contributed by atoms with Crippen LogP contribution in [-0.4, -0.2) is 24.3 Å². The minimum atomic E-state index is -3.30. The van der Waals surface area contributed by atoms with E-state index in [1.807, 2.05) is 0 Å². The van der Waals surface area contributed by atoms with Crippen molar-refractivity contribution >= 4 is 27.3 Å². The first-order valence-electron chi connectivity index (χ1n) is 7.17. The lowest BCUT2D eigenvalue weighted by molar-refractivity contribution is 0.432. The third-order valence-corrected chi connectivity index (χ3v) is 4.87. The monoisotopic (exact) mass is 363 g/mol. The highest BCUT2D eigenvalue weighted by atomic mass is 35.5.